The van der Waals surface area contributed by atoms with E-state index in [1.54, 1.807) is 0 Å². The zero-order valence-electron chi connectivity index (χ0n) is 16.8. The smallest absolute Gasteiger partial charge is 0.328 e. The summed E-state index contributed by atoms with van der Waals surface area (Å²) < 4.78 is 0. The molecular formula is C19H26N4O8. The van der Waals surface area contributed by atoms with Crippen LogP contribution in [0.15, 0.2) is 24.3 Å². The molecule has 12 heteroatoms. The van der Waals surface area contributed by atoms with Crippen LogP contribution in [0.2, 0.25) is 0 Å². The van der Waals surface area contributed by atoms with E-state index < -0.39 is 35.8 Å². The van der Waals surface area contributed by atoms with Crippen molar-refractivity contribution in [2.75, 3.05) is 13.1 Å². The topological polar surface area (TPSA) is 191 Å². The van der Waals surface area contributed by atoms with Crippen molar-refractivity contribution in [1.29, 1.82) is 0 Å². The van der Waals surface area contributed by atoms with Gasteiger partial charge in [0, 0.05) is 37.4 Å². The van der Waals surface area contributed by atoms with Gasteiger partial charge < -0.3 is 31.5 Å². The summed E-state index contributed by atoms with van der Waals surface area (Å²) in [6.45, 7) is 0.528. The summed E-state index contributed by atoms with van der Waals surface area (Å²) in [7, 11) is 0. The number of amides is 4. The van der Waals surface area contributed by atoms with Gasteiger partial charge in [-0.2, -0.15) is 0 Å². The molecular weight excluding hydrogens is 412 g/mol. The van der Waals surface area contributed by atoms with Crippen LogP contribution in [0.5, 0.6) is 0 Å². The minimum atomic E-state index is -1.23. The number of rotatable bonds is 13. The average Bonchev–Trinajstić information content (AvgIpc) is 2.70. The average molecular weight is 438 g/mol. The Labute approximate surface area is 178 Å². The molecule has 1 fully saturated rings. The van der Waals surface area contributed by atoms with E-state index in [2.05, 4.69) is 21.3 Å². The Morgan fingerprint density at radius 1 is 0.710 bits per heavy atom. The van der Waals surface area contributed by atoms with E-state index in [9.17, 15) is 28.8 Å². The lowest BCUT2D eigenvalue weighted by Crippen LogP contribution is -2.61. The van der Waals surface area contributed by atoms with Crippen LogP contribution in [0, 0.1) is 0 Å². The molecule has 6 N–H and O–H groups in total. The lowest BCUT2D eigenvalue weighted by molar-refractivity contribution is -0.137. The number of carbonyl (C=O) groups is 6. The SMILES string of the molecule is O=C(O)/C=C\C(=O)NCCCCC1NC(=O)C(CCCNC(=O)/C=C\C(=O)O)NC1=O. The number of carbonyl (C=O) groups excluding carboxylic acids is 4. The minimum Gasteiger partial charge on any atom is -0.478 e. The number of unbranched alkanes of at least 4 members (excludes halogenated alkanes) is 1. The molecule has 1 rings (SSSR count). The van der Waals surface area contributed by atoms with Crippen LogP contribution < -0.4 is 21.3 Å². The standard InChI is InChI=1S/C19H26N4O8/c24-14(6-8-16(26)27)20-10-2-1-4-12-18(30)23-13(19(31)22-12)5-3-11-21-15(25)7-9-17(28)29/h6-9,12-13H,1-5,10-11H2,(H,20,24)(H,21,25)(H,22,31)(H,23,30)(H,26,27)(H,28,29)/b8-6-,9-7-. The molecule has 1 aliphatic rings. The predicted molar refractivity (Wildman–Crippen MR) is 107 cm³/mol. The van der Waals surface area contributed by atoms with Crippen LogP contribution in [-0.2, 0) is 28.8 Å². The molecule has 0 saturated carbocycles. The van der Waals surface area contributed by atoms with Gasteiger partial charge in [-0.1, -0.05) is 0 Å². The molecule has 2 atom stereocenters. The second kappa shape index (κ2) is 13.5. The van der Waals surface area contributed by atoms with Crippen LogP contribution in [0.3, 0.4) is 0 Å². The van der Waals surface area contributed by atoms with Crippen molar-refractivity contribution in [3.63, 3.8) is 0 Å². The summed E-state index contributed by atoms with van der Waals surface area (Å²) in [5.41, 5.74) is 0. The van der Waals surface area contributed by atoms with E-state index in [0.29, 0.717) is 44.7 Å². The summed E-state index contributed by atoms with van der Waals surface area (Å²) in [5.74, 6) is -4.17. The highest BCUT2D eigenvalue weighted by Crippen LogP contribution is 2.09. The second-order valence-corrected chi connectivity index (χ2v) is 6.69. The Morgan fingerprint density at radius 2 is 1.13 bits per heavy atom. The zero-order chi connectivity index (χ0) is 23.2. The fraction of sp³-hybridized carbons (Fsp3) is 0.474. The maximum atomic E-state index is 12.2. The molecule has 0 aliphatic carbocycles. The minimum absolute atomic E-state index is 0.221. The van der Waals surface area contributed by atoms with Crippen LogP contribution >= 0.6 is 0 Å². The number of aliphatic carboxylic acids is 2. The maximum Gasteiger partial charge on any atom is 0.328 e. The summed E-state index contributed by atoms with van der Waals surface area (Å²) in [6, 6.07) is -1.39. The third-order valence-electron chi connectivity index (χ3n) is 4.21. The Bertz CT molecular complexity index is 762. The molecule has 4 amide bonds. The first-order valence-electron chi connectivity index (χ1n) is 9.67. The lowest BCUT2D eigenvalue weighted by atomic mass is 10.0. The van der Waals surface area contributed by atoms with Gasteiger partial charge >= 0.3 is 11.9 Å². The van der Waals surface area contributed by atoms with E-state index in [4.69, 9.17) is 10.2 Å². The molecule has 31 heavy (non-hydrogen) atoms. The zero-order valence-corrected chi connectivity index (χ0v) is 16.8. The first-order valence-corrected chi connectivity index (χ1v) is 9.67. The number of piperazine rings is 1. The van der Waals surface area contributed by atoms with E-state index in [1.165, 1.54) is 0 Å². The second-order valence-electron chi connectivity index (χ2n) is 6.69. The van der Waals surface area contributed by atoms with Crippen molar-refractivity contribution in [2.45, 2.75) is 44.2 Å². The third-order valence-corrected chi connectivity index (χ3v) is 4.21. The van der Waals surface area contributed by atoms with Crippen molar-refractivity contribution < 1.29 is 39.0 Å². The van der Waals surface area contributed by atoms with E-state index in [-0.39, 0.29) is 18.4 Å². The molecule has 0 aromatic rings. The molecule has 0 spiro atoms. The normalized spacial score (nSPS) is 18.5. The van der Waals surface area contributed by atoms with Gasteiger partial charge in [-0.25, -0.2) is 9.59 Å². The van der Waals surface area contributed by atoms with Gasteiger partial charge in [-0.3, -0.25) is 19.2 Å². The van der Waals surface area contributed by atoms with Gasteiger partial charge in [-0.05, 0) is 32.1 Å². The Kier molecular flexibility index (Phi) is 11.0. The molecule has 0 aromatic carbocycles. The molecule has 170 valence electrons. The molecule has 12 nitrogen and oxygen atoms in total. The molecule has 1 aliphatic heterocycles. The number of carboxylic acids is 2. The van der Waals surface area contributed by atoms with Crippen LogP contribution in [-0.4, -0.2) is 71.0 Å². The fourth-order valence-electron chi connectivity index (χ4n) is 2.70. The summed E-state index contributed by atoms with van der Waals surface area (Å²) >= 11 is 0. The number of hydrogen-bond donors (Lipinski definition) is 6. The Morgan fingerprint density at radius 3 is 1.58 bits per heavy atom. The summed E-state index contributed by atoms with van der Waals surface area (Å²) in [6.07, 6.45) is 5.46. The molecule has 0 aromatic heterocycles. The number of carboxylic acid groups (broad SMARTS) is 2. The van der Waals surface area contributed by atoms with Gasteiger partial charge in [0.05, 0.1) is 0 Å². The molecule has 1 saturated heterocycles. The molecule has 0 radical (unpaired) electrons. The van der Waals surface area contributed by atoms with Crippen molar-refractivity contribution in [2.24, 2.45) is 0 Å². The molecule has 1 heterocycles. The quantitative estimate of drug-likeness (QED) is 0.147. The first kappa shape index (κ1) is 25.3. The van der Waals surface area contributed by atoms with Crippen LogP contribution in [0.4, 0.5) is 0 Å². The highest BCUT2D eigenvalue weighted by atomic mass is 16.4. The van der Waals surface area contributed by atoms with Crippen molar-refractivity contribution in [3.05, 3.63) is 24.3 Å². The van der Waals surface area contributed by atoms with Gasteiger partial charge in [0.15, 0.2) is 0 Å². The lowest BCUT2D eigenvalue weighted by Gasteiger charge is -2.29. The van der Waals surface area contributed by atoms with E-state index in [0.717, 1.165) is 18.2 Å². The maximum absolute atomic E-state index is 12.2. The van der Waals surface area contributed by atoms with E-state index >= 15 is 0 Å². The summed E-state index contributed by atoms with van der Waals surface area (Å²) in [5, 5.41) is 27.1. The van der Waals surface area contributed by atoms with Crippen LogP contribution in [0.25, 0.3) is 0 Å². The fourth-order valence-corrected chi connectivity index (χ4v) is 2.70. The van der Waals surface area contributed by atoms with Crippen molar-refractivity contribution >= 4 is 35.6 Å². The monoisotopic (exact) mass is 438 g/mol. The predicted octanol–water partition coefficient (Wildman–Crippen LogP) is -1.57. The van der Waals surface area contributed by atoms with Crippen molar-refractivity contribution in [1.82, 2.24) is 21.3 Å². The Hall–Kier alpha value is -3.70. The third kappa shape index (κ3) is 11.2. The molecule has 0 bridgehead atoms. The Balaban J connectivity index is 2.23. The number of nitrogens with one attached hydrogen (secondary N) is 4. The highest BCUT2D eigenvalue weighted by molar-refractivity contribution is 5.97. The van der Waals surface area contributed by atoms with Gasteiger partial charge in [-0.15, -0.1) is 0 Å². The van der Waals surface area contributed by atoms with Gasteiger partial charge in [0.2, 0.25) is 23.6 Å². The highest BCUT2D eigenvalue weighted by Gasteiger charge is 2.32. The van der Waals surface area contributed by atoms with E-state index in [1.807, 2.05) is 0 Å². The van der Waals surface area contributed by atoms with Gasteiger partial charge in [0.1, 0.15) is 12.1 Å². The largest absolute Gasteiger partial charge is 0.478 e. The molecule has 2 unspecified atom stereocenters. The van der Waals surface area contributed by atoms with Crippen LogP contribution in [0.1, 0.15) is 32.1 Å². The van der Waals surface area contributed by atoms with Crippen molar-refractivity contribution in [3.8, 4) is 0 Å². The first-order chi connectivity index (χ1) is 14.7. The van der Waals surface area contributed by atoms with Gasteiger partial charge in [0.25, 0.3) is 0 Å². The summed E-state index contributed by atoms with van der Waals surface area (Å²) in [4.78, 5) is 67.6. The number of hydrogen-bond acceptors (Lipinski definition) is 6.